The first-order chi connectivity index (χ1) is 5.50. The molecule has 1 aliphatic rings. The van der Waals surface area contributed by atoms with E-state index in [1.165, 1.54) is 0 Å². The van der Waals surface area contributed by atoms with Crippen LogP contribution >= 0.6 is 0 Å². The van der Waals surface area contributed by atoms with Crippen LogP contribution in [0.5, 0.6) is 0 Å². The van der Waals surface area contributed by atoms with E-state index in [1.54, 1.807) is 13.1 Å². The van der Waals surface area contributed by atoms with Crippen LogP contribution in [0.25, 0.3) is 0 Å². The molecule has 0 radical (unpaired) electrons. The number of nitrogens with one attached hydrogen (secondary N) is 1. The van der Waals surface area contributed by atoms with Gasteiger partial charge in [-0.3, -0.25) is 4.79 Å². The zero-order valence-electron chi connectivity index (χ0n) is 7.39. The quantitative estimate of drug-likeness (QED) is 0.538. The highest BCUT2D eigenvalue weighted by Crippen LogP contribution is 2.19. The SMILES string of the molecule is CCC1=C[NH+]([O-])C(C)(C(N)=O)C1. The standard InChI is InChI=1S/C8H14N2O2/c1-3-6-4-8(2,7(9)11)10(12)5-6/h5,10H,3-4H2,1-2H3,(H2,9,11). The number of primary amides is 1. The van der Waals surface area contributed by atoms with Gasteiger partial charge < -0.3 is 16.0 Å². The van der Waals surface area contributed by atoms with Crippen LogP contribution in [0.4, 0.5) is 0 Å². The van der Waals surface area contributed by atoms with Crippen molar-refractivity contribution in [1.29, 1.82) is 0 Å². The molecule has 4 heteroatoms. The van der Waals surface area contributed by atoms with E-state index in [0.29, 0.717) is 6.42 Å². The van der Waals surface area contributed by atoms with Crippen molar-refractivity contribution in [3.05, 3.63) is 17.0 Å². The maximum atomic E-state index is 11.3. The molecule has 0 aliphatic carbocycles. The summed E-state index contributed by atoms with van der Waals surface area (Å²) < 4.78 is 0. The van der Waals surface area contributed by atoms with E-state index in [-0.39, 0.29) is 5.06 Å². The number of hydrogen-bond donors (Lipinski definition) is 2. The Bertz CT molecular complexity index is 237. The number of rotatable bonds is 2. The molecule has 12 heavy (non-hydrogen) atoms. The van der Waals surface area contributed by atoms with Crippen LogP contribution in [-0.2, 0) is 4.79 Å². The zero-order valence-corrected chi connectivity index (χ0v) is 7.39. The molecule has 0 saturated carbocycles. The number of amides is 1. The lowest BCUT2D eigenvalue weighted by molar-refractivity contribution is -0.831. The summed E-state index contributed by atoms with van der Waals surface area (Å²) in [5.41, 5.74) is 5.19. The summed E-state index contributed by atoms with van der Waals surface area (Å²) in [5, 5.41) is 11.2. The van der Waals surface area contributed by atoms with Gasteiger partial charge in [0.15, 0.2) is 5.54 Å². The Balaban J connectivity index is 2.82. The van der Waals surface area contributed by atoms with Crippen LogP contribution in [0.3, 0.4) is 0 Å². The van der Waals surface area contributed by atoms with E-state index >= 15 is 0 Å². The lowest BCUT2D eigenvalue weighted by atomic mass is 9.95. The molecule has 0 saturated heterocycles. The fourth-order valence-corrected chi connectivity index (χ4v) is 1.37. The molecular weight excluding hydrogens is 156 g/mol. The van der Waals surface area contributed by atoms with Crippen molar-refractivity contribution in [2.45, 2.75) is 32.2 Å². The molecule has 3 N–H and O–H groups in total. The molecule has 0 aromatic carbocycles. The summed E-state index contributed by atoms with van der Waals surface area (Å²) in [5.74, 6) is -0.521. The molecule has 0 fully saturated rings. The molecule has 0 aromatic rings. The molecule has 68 valence electrons. The number of quaternary nitrogens is 1. The average molecular weight is 170 g/mol. The minimum absolute atomic E-state index is 0.146. The van der Waals surface area contributed by atoms with E-state index in [0.717, 1.165) is 12.0 Å². The second-order valence-corrected chi connectivity index (χ2v) is 3.39. The fraction of sp³-hybridized carbons (Fsp3) is 0.625. The van der Waals surface area contributed by atoms with Gasteiger partial charge in [0.25, 0.3) is 5.91 Å². The summed E-state index contributed by atoms with van der Waals surface area (Å²) in [6.45, 7) is 3.57. The Morgan fingerprint density at radius 2 is 2.50 bits per heavy atom. The highest BCUT2D eigenvalue weighted by Gasteiger charge is 2.42. The molecule has 4 nitrogen and oxygen atoms in total. The fourth-order valence-electron chi connectivity index (χ4n) is 1.37. The van der Waals surface area contributed by atoms with E-state index in [2.05, 4.69) is 0 Å². The Morgan fingerprint density at radius 1 is 1.92 bits per heavy atom. The van der Waals surface area contributed by atoms with Crippen molar-refractivity contribution in [3.63, 3.8) is 0 Å². The highest BCUT2D eigenvalue weighted by atomic mass is 16.5. The Hall–Kier alpha value is -0.870. The number of carbonyl (C=O) groups is 1. The van der Waals surface area contributed by atoms with E-state index in [9.17, 15) is 10.0 Å². The van der Waals surface area contributed by atoms with E-state index in [1.807, 2.05) is 6.92 Å². The third-order valence-electron chi connectivity index (χ3n) is 2.46. The smallest absolute Gasteiger partial charge is 0.279 e. The molecule has 0 aromatic heterocycles. The van der Waals surface area contributed by atoms with Gasteiger partial charge >= 0.3 is 0 Å². The van der Waals surface area contributed by atoms with Gasteiger partial charge in [0, 0.05) is 13.3 Å². The second-order valence-electron chi connectivity index (χ2n) is 3.39. The monoisotopic (exact) mass is 170 g/mol. The van der Waals surface area contributed by atoms with Gasteiger partial charge in [-0.1, -0.05) is 6.92 Å². The first-order valence-corrected chi connectivity index (χ1v) is 4.04. The van der Waals surface area contributed by atoms with Crippen LogP contribution in [0, 0.1) is 5.21 Å². The normalized spacial score (nSPS) is 34.9. The maximum absolute atomic E-state index is 11.3. The molecule has 1 amide bonds. The molecule has 2 atom stereocenters. The van der Waals surface area contributed by atoms with Gasteiger partial charge in [0.2, 0.25) is 0 Å². The predicted octanol–water partition coefficient (Wildman–Crippen LogP) is -0.689. The summed E-state index contributed by atoms with van der Waals surface area (Å²) in [6, 6.07) is 0. The van der Waals surface area contributed by atoms with Crippen molar-refractivity contribution < 1.29 is 9.86 Å². The van der Waals surface area contributed by atoms with Crippen LogP contribution in [0.1, 0.15) is 26.7 Å². The molecule has 2 unspecified atom stereocenters. The van der Waals surface area contributed by atoms with Crippen molar-refractivity contribution >= 4 is 5.91 Å². The number of hydrogen-bond acceptors (Lipinski definition) is 2. The van der Waals surface area contributed by atoms with Crippen LogP contribution < -0.4 is 10.8 Å². The third-order valence-corrected chi connectivity index (χ3v) is 2.46. The van der Waals surface area contributed by atoms with E-state index in [4.69, 9.17) is 5.73 Å². The van der Waals surface area contributed by atoms with Crippen LogP contribution in [-0.4, -0.2) is 11.4 Å². The largest absolute Gasteiger partial charge is 0.629 e. The third kappa shape index (κ3) is 1.23. The number of carbonyl (C=O) groups excluding carboxylic acids is 1. The molecular formula is C8H14N2O2. The first-order valence-electron chi connectivity index (χ1n) is 4.04. The summed E-state index contributed by atoms with van der Waals surface area (Å²) >= 11 is 0. The Morgan fingerprint density at radius 3 is 2.75 bits per heavy atom. The first kappa shape index (κ1) is 9.22. The molecule has 1 heterocycles. The highest BCUT2D eigenvalue weighted by molar-refractivity contribution is 5.83. The Labute approximate surface area is 71.6 Å². The topological polar surface area (TPSA) is 70.6 Å². The lowest BCUT2D eigenvalue weighted by Crippen LogP contribution is -3.12. The number of hydroxylamine groups is 2. The minimum atomic E-state index is -0.967. The van der Waals surface area contributed by atoms with Crippen molar-refractivity contribution in [2.75, 3.05) is 0 Å². The molecule has 1 rings (SSSR count). The van der Waals surface area contributed by atoms with Gasteiger partial charge in [-0.25, -0.2) is 0 Å². The second kappa shape index (κ2) is 2.88. The van der Waals surface area contributed by atoms with Crippen molar-refractivity contribution in [2.24, 2.45) is 5.73 Å². The van der Waals surface area contributed by atoms with Crippen molar-refractivity contribution in [3.8, 4) is 0 Å². The average Bonchev–Trinajstić information content (AvgIpc) is 2.29. The zero-order chi connectivity index (χ0) is 9.35. The van der Waals surface area contributed by atoms with Gasteiger partial charge in [0.1, 0.15) is 0 Å². The van der Waals surface area contributed by atoms with Crippen LogP contribution in [0.15, 0.2) is 11.8 Å². The maximum Gasteiger partial charge on any atom is 0.279 e. The minimum Gasteiger partial charge on any atom is -0.629 e. The van der Waals surface area contributed by atoms with Crippen molar-refractivity contribution in [1.82, 2.24) is 0 Å². The van der Waals surface area contributed by atoms with Gasteiger partial charge in [0.05, 0.1) is 6.20 Å². The molecule has 1 aliphatic heterocycles. The summed E-state index contributed by atoms with van der Waals surface area (Å²) in [7, 11) is 0. The van der Waals surface area contributed by atoms with Gasteiger partial charge in [-0.2, -0.15) is 0 Å². The predicted molar refractivity (Wildman–Crippen MR) is 44.9 cm³/mol. The summed E-state index contributed by atoms with van der Waals surface area (Å²) in [6.07, 6.45) is 2.86. The van der Waals surface area contributed by atoms with Gasteiger partial charge in [-0.15, -0.1) is 0 Å². The Kier molecular flexibility index (Phi) is 2.21. The molecule has 0 bridgehead atoms. The van der Waals surface area contributed by atoms with Gasteiger partial charge in [-0.05, 0) is 12.0 Å². The lowest BCUT2D eigenvalue weighted by Gasteiger charge is -2.30. The summed E-state index contributed by atoms with van der Waals surface area (Å²) in [4.78, 5) is 11.0. The number of nitrogens with two attached hydrogens (primary N) is 1. The van der Waals surface area contributed by atoms with Crippen LogP contribution in [0.2, 0.25) is 0 Å². The molecule has 0 spiro atoms. The van der Waals surface area contributed by atoms with E-state index < -0.39 is 11.4 Å².